The molecule has 0 spiro atoms. The molecule has 0 radical (unpaired) electrons. The first-order chi connectivity index (χ1) is 9.07. The van der Waals surface area contributed by atoms with Crippen molar-refractivity contribution < 1.29 is 9.53 Å². The number of ether oxygens (including phenoxy) is 1. The van der Waals surface area contributed by atoms with Crippen LogP contribution in [0, 0.1) is 5.41 Å². The predicted octanol–water partition coefficient (Wildman–Crippen LogP) is 2.22. The van der Waals surface area contributed by atoms with Crippen molar-refractivity contribution in [3.63, 3.8) is 0 Å². The molecule has 2 N–H and O–H groups in total. The van der Waals surface area contributed by atoms with Crippen LogP contribution in [0.1, 0.15) is 17.7 Å². The second-order valence-corrected chi connectivity index (χ2v) is 7.51. The van der Waals surface area contributed by atoms with Crippen LogP contribution in [0.4, 0.5) is 0 Å². The van der Waals surface area contributed by atoms with Crippen LogP contribution in [-0.2, 0) is 16.1 Å². The molecule has 0 atom stereocenters. The maximum atomic E-state index is 12.6. The third kappa shape index (κ3) is 3.37. The lowest BCUT2D eigenvalue weighted by Gasteiger charge is -2.37. The molecule has 1 aromatic heterocycles. The van der Waals surface area contributed by atoms with Crippen molar-refractivity contribution in [1.82, 2.24) is 4.90 Å². The van der Waals surface area contributed by atoms with Crippen molar-refractivity contribution in [1.29, 1.82) is 0 Å². The first-order valence-electron chi connectivity index (χ1n) is 6.35. The van der Waals surface area contributed by atoms with Gasteiger partial charge in [0.25, 0.3) is 0 Å². The van der Waals surface area contributed by atoms with Crippen LogP contribution in [0.2, 0.25) is 0 Å². The summed E-state index contributed by atoms with van der Waals surface area (Å²) in [5.41, 5.74) is 5.44. The van der Waals surface area contributed by atoms with Gasteiger partial charge in [-0.3, -0.25) is 4.79 Å². The number of hydrogen-bond donors (Lipinski definition) is 1. The van der Waals surface area contributed by atoms with Crippen LogP contribution in [-0.4, -0.2) is 37.6 Å². The normalized spacial score (nSPS) is 18.3. The Morgan fingerprint density at radius 1 is 1.53 bits per heavy atom. The quantitative estimate of drug-likeness (QED) is 0.909. The lowest BCUT2D eigenvalue weighted by atomic mass is 9.79. The fraction of sp³-hybridized carbons (Fsp3) is 0.615. The summed E-state index contributed by atoms with van der Waals surface area (Å²) in [5.74, 6) is 0.142. The van der Waals surface area contributed by atoms with Gasteiger partial charge in [0.1, 0.15) is 0 Å². The highest BCUT2D eigenvalue weighted by Gasteiger charge is 2.40. The minimum Gasteiger partial charge on any atom is -0.381 e. The zero-order valence-electron chi connectivity index (χ0n) is 11.0. The van der Waals surface area contributed by atoms with Crippen LogP contribution < -0.4 is 5.73 Å². The average Bonchev–Trinajstić information content (AvgIpc) is 2.84. The number of nitrogens with two attached hydrogens (primary N) is 1. The van der Waals surface area contributed by atoms with E-state index in [0.717, 1.165) is 16.6 Å². The maximum Gasteiger partial charge on any atom is 0.230 e. The van der Waals surface area contributed by atoms with Crippen molar-refractivity contribution in [2.45, 2.75) is 19.4 Å². The molecule has 4 nitrogen and oxygen atoms in total. The second-order valence-electron chi connectivity index (χ2n) is 4.96. The number of carbonyl (C=O) groups is 1. The molecule has 0 saturated carbocycles. The molecule has 1 fully saturated rings. The van der Waals surface area contributed by atoms with E-state index in [4.69, 9.17) is 10.5 Å². The minimum absolute atomic E-state index is 0.142. The van der Waals surface area contributed by atoms with Gasteiger partial charge in [-0.05, 0) is 40.9 Å². The number of thiophene rings is 1. The van der Waals surface area contributed by atoms with Crippen LogP contribution in [0.3, 0.4) is 0 Å². The van der Waals surface area contributed by atoms with Crippen LogP contribution in [0.25, 0.3) is 0 Å². The van der Waals surface area contributed by atoms with Gasteiger partial charge in [-0.15, -0.1) is 11.3 Å². The van der Waals surface area contributed by atoms with Gasteiger partial charge < -0.3 is 15.4 Å². The summed E-state index contributed by atoms with van der Waals surface area (Å²) in [6.45, 7) is 2.29. The lowest BCUT2D eigenvalue weighted by Crippen LogP contribution is -2.49. The Morgan fingerprint density at radius 3 is 2.74 bits per heavy atom. The van der Waals surface area contributed by atoms with E-state index >= 15 is 0 Å². The summed E-state index contributed by atoms with van der Waals surface area (Å²) in [6, 6.07) is 4.04. The molecule has 0 bridgehead atoms. The van der Waals surface area contributed by atoms with E-state index in [1.54, 1.807) is 16.2 Å². The Hall–Kier alpha value is -0.430. The topological polar surface area (TPSA) is 55.6 Å². The molecule has 6 heteroatoms. The van der Waals surface area contributed by atoms with Gasteiger partial charge in [-0.2, -0.15) is 0 Å². The second kappa shape index (κ2) is 6.35. The highest BCUT2D eigenvalue weighted by atomic mass is 79.9. The number of carbonyl (C=O) groups excluding carboxylic acids is 1. The molecule has 1 saturated heterocycles. The van der Waals surface area contributed by atoms with Crippen molar-refractivity contribution in [3.05, 3.63) is 20.8 Å². The summed E-state index contributed by atoms with van der Waals surface area (Å²) in [5, 5.41) is 0. The molecule has 1 aromatic rings. The van der Waals surface area contributed by atoms with Crippen molar-refractivity contribution in [3.8, 4) is 0 Å². The lowest BCUT2D eigenvalue weighted by molar-refractivity contribution is -0.146. The van der Waals surface area contributed by atoms with Gasteiger partial charge >= 0.3 is 0 Å². The standard InChI is InChI=1S/C13H19BrN2O2S/c1-16(8-10-2-3-11(14)19-10)12(17)13(9-15)4-6-18-7-5-13/h2-3H,4-9,15H2,1H3. The maximum absolute atomic E-state index is 12.6. The third-order valence-electron chi connectivity index (χ3n) is 3.66. The summed E-state index contributed by atoms with van der Waals surface area (Å²) >= 11 is 5.09. The zero-order chi connectivity index (χ0) is 13.9. The Balaban J connectivity index is 2.04. The van der Waals surface area contributed by atoms with E-state index in [2.05, 4.69) is 15.9 Å². The Bertz CT molecular complexity index is 444. The van der Waals surface area contributed by atoms with Gasteiger partial charge in [0.2, 0.25) is 5.91 Å². The molecular formula is C13H19BrN2O2S. The van der Waals surface area contributed by atoms with Gasteiger partial charge in [-0.1, -0.05) is 0 Å². The van der Waals surface area contributed by atoms with E-state index in [1.807, 2.05) is 19.2 Å². The Kier molecular flexibility index (Phi) is 5.00. The smallest absolute Gasteiger partial charge is 0.230 e. The van der Waals surface area contributed by atoms with Gasteiger partial charge in [0.15, 0.2) is 0 Å². The zero-order valence-corrected chi connectivity index (χ0v) is 13.4. The van der Waals surface area contributed by atoms with E-state index in [-0.39, 0.29) is 5.91 Å². The van der Waals surface area contributed by atoms with Crippen molar-refractivity contribution in [2.24, 2.45) is 11.1 Å². The van der Waals surface area contributed by atoms with E-state index < -0.39 is 5.41 Å². The van der Waals surface area contributed by atoms with Crippen LogP contribution >= 0.6 is 27.3 Å². The van der Waals surface area contributed by atoms with E-state index in [1.165, 1.54) is 4.88 Å². The van der Waals surface area contributed by atoms with Crippen LogP contribution in [0.15, 0.2) is 15.9 Å². The average molecular weight is 347 g/mol. The molecule has 19 heavy (non-hydrogen) atoms. The van der Waals surface area contributed by atoms with E-state index in [0.29, 0.717) is 26.3 Å². The molecule has 0 aromatic carbocycles. The Morgan fingerprint density at radius 2 is 2.21 bits per heavy atom. The monoisotopic (exact) mass is 346 g/mol. The SMILES string of the molecule is CN(Cc1ccc(Br)s1)C(=O)C1(CN)CCOCC1. The number of amides is 1. The van der Waals surface area contributed by atoms with E-state index in [9.17, 15) is 4.79 Å². The summed E-state index contributed by atoms with van der Waals surface area (Å²) in [7, 11) is 1.85. The number of nitrogens with zero attached hydrogens (tertiary/aromatic N) is 1. The van der Waals surface area contributed by atoms with Gasteiger partial charge in [0.05, 0.1) is 15.7 Å². The molecule has 1 amide bonds. The first kappa shape index (κ1) is 15.0. The fourth-order valence-corrected chi connectivity index (χ4v) is 3.95. The molecular weight excluding hydrogens is 328 g/mol. The summed E-state index contributed by atoms with van der Waals surface area (Å²) in [4.78, 5) is 15.6. The van der Waals surface area contributed by atoms with Crippen LogP contribution in [0.5, 0.6) is 0 Å². The number of hydrogen-bond acceptors (Lipinski definition) is 4. The van der Waals surface area contributed by atoms with Gasteiger partial charge in [0, 0.05) is 31.7 Å². The predicted molar refractivity (Wildman–Crippen MR) is 80.0 cm³/mol. The highest BCUT2D eigenvalue weighted by molar-refractivity contribution is 9.11. The molecule has 1 aliphatic heterocycles. The number of rotatable bonds is 4. The highest BCUT2D eigenvalue weighted by Crippen LogP contribution is 2.32. The van der Waals surface area contributed by atoms with Crippen molar-refractivity contribution >= 4 is 33.2 Å². The summed E-state index contributed by atoms with van der Waals surface area (Å²) < 4.78 is 6.43. The molecule has 1 aliphatic rings. The molecule has 0 aliphatic carbocycles. The fourth-order valence-electron chi connectivity index (χ4n) is 2.41. The third-order valence-corrected chi connectivity index (χ3v) is 5.27. The Labute approximate surface area is 126 Å². The molecule has 2 rings (SSSR count). The largest absolute Gasteiger partial charge is 0.381 e. The van der Waals surface area contributed by atoms with Crippen molar-refractivity contribution in [2.75, 3.05) is 26.8 Å². The number of halogens is 1. The molecule has 106 valence electrons. The molecule has 0 unspecified atom stereocenters. The summed E-state index contributed by atoms with van der Waals surface area (Å²) in [6.07, 6.45) is 1.45. The van der Waals surface area contributed by atoms with Gasteiger partial charge in [-0.25, -0.2) is 0 Å². The molecule has 2 heterocycles. The first-order valence-corrected chi connectivity index (χ1v) is 7.96. The minimum atomic E-state index is -0.429.